The molecular formula is C22H16ClF6N3O3. The highest BCUT2D eigenvalue weighted by molar-refractivity contribution is 6.20. The van der Waals surface area contributed by atoms with E-state index in [1.807, 2.05) is 0 Å². The van der Waals surface area contributed by atoms with E-state index >= 15 is 0 Å². The molecule has 0 fully saturated rings. The summed E-state index contributed by atoms with van der Waals surface area (Å²) in [7, 11) is 0. The minimum atomic E-state index is -4.66. The van der Waals surface area contributed by atoms with Crippen LogP contribution in [-0.2, 0) is 12.6 Å². The van der Waals surface area contributed by atoms with E-state index in [2.05, 4.69) is 19.6 Å². The molecule has 3 aromatic rings. The zero-order chi connectivity index (χ0) is 25.1. The number of nitrogens with zero attached hydrogens (tertiary/aromatic N) is 3. The molecule has 1 aliphatic carbocycles. The number of aromatic nitrogens is 3. The second kappa shape index (κ2) is 8.21. The number of hydrogen-bond donors (Lipinski definition) is 0. The predicted octanol–water partition coefficient (Wildman–Crippen LogP) is 6.50. The van der Waals surface area contributed by atoms with Crippen molar-refractivity contribution in [3.8, 4) is 22.9 Å². The molecule has 0 saturated carbocycles. The van der Waals surface area contributed by atoms with Crippen molar-refractivity contribution in [1.29, 1.82) is 0 Å². The van der Waals surface area contributed by atoms with Gasteiger partial charge in [-0.15, -0.1) is 20.4 Å². The minimum absolute atomic E-state index is 0.0441. The molecular weight excluding hydrogens is 504 g/mol. The average molecular weight is 520 g/mol. The number of alkyl halides is 6. The number of pyridine rings is 1. The number of fused-ring (bicyclic) bond motifs is 2. The molecule has 13 heteroatoms. The summed E-state index contributed by atoms with van der Waals surface area (Å²) in [5.74, 6) is -1.60. The SMILES string of the molecule is C[C@H](Oc1cncc(-n2nc(C(F)(F)F)c3c2C(Cl)CCC3)c1)c1cc2c(cc1F)OC(F)(F)O2. The fraction of sp³-hybridized carbons (Fsp3) is 0.364. The first-order valence-corrected chi connectivity index (χ1v) is 10.9. The van der Waals surface area contributed by atoms with E-state index in [4.69, 9.17) is 16.3 Å². The molecule has 0 N–H and O–H groups in total. The summed E-state index contributed by atoms with van der Waals surface area (Å²) in [6.07, 6.45) is -5.82. The normalized spacial score (nSPS) is 19.4. The molecule has 5 rings (SSSR count). The maximum absolute atomic E-state index is 14.5. The Hall–Kier alpha value is -3.15. The van der Waals surface area contributed by atoms with Gasteiger partial charge in [0.2, 0.25) is 0 Å². The summed E-state index contributed by atoms with van der Waals surface area (Å²) in [4.78, 5) is 4.00. The van der Waals surface area contributed by atoms with Crippen LogP contribution < -0.4 is 14.2 Å². The van der Waals surface area contributed by atoms with Crippen molar-refractivity contribution in [2.75, 3.05) is 0 Å². The van der Waals surface area contributed by atoms with Gasteiger partial charge in [-0.2, -0.15) is 18.3 Å². The molecule has 35 heavy (non-hydrogen) atoms. The number of hydrogen-bond acceptors (Lipinski definition) is 5. The van der Waals surface area contributed by atoms with Crippen LogP contribution in [0.15, 0.2) is 30.6 Å². The smallest absolute Gasteiger partial charge is 0.484 e. The van der Waals surface area contributed by atoms with Crippen molar-refractivity contribution in [2.45, 2.75) is 50.1 Å². The van der Waals surface area contributed by atoms with Crippen molar-refractivity contribution in [3.63, 3.8) is 0 Å². The summed E-state index contributed by atoms with van der Waals surface area (Å²) < 4.78 is 97.3. The zero-order valence-electron chi connectivity index (χ0n) is 17.9. The lowest BCUT2D eigenvalue weighted by atomic mass is 9.95. The fourth-order valence-corrected chi connectivity index (χ4v) is 4.58. The molecule has 1 aliphatic heterocycles. The topological polar surface area (TPSA) is 58.4 Å². The average Bonchev–Trinajstić information content (AvgIpc) is 3.30. The first kappa shape index (κ1) is 23.6. The molecule has 0 bridgehead atoms. The summed E-state index contributed by atoms with van der Waals surface area (Å²) in [6, 6.07) is 3.18. The van der Waals surface area contributed by atoms with E-state index in [0.29, 0.717) is 12.8 Å². The molecule has 2 aromatic heterocycles. The molecule has 1 unspecified atom stereocenters. The Balaban J connectivity index is 1.46. The van der Waals surface area contributed by atoms with Gasteiger partial charge in [-0.1, -0.05) is 0 Å². The van der Waals surface area contributed by atoms with Crippen molar-refractivity contribution >= 4 is 11.6 Å². The van der Waals surface area contributed by atoms with Gasteiger partial charge in [0.25, 0.3) is 0 Å². The van der Waals surface area contributed by atoms with E-state index in [9.17, 15) is 26.3 Å². The van der Waals surface area contributed by atoms with Gasteiger partial charge in [0.05, 0.1) is 29.2 Å². The molecule has 2 atom stereocenters. The quantitative estimate of drug-likeness (QED) is 0.291. The Morgan fingerprint density at radius 3 is 2.60 bits per heavy atom. The van der Waals surface area contributed by atoms with Gasteiger partial charge in [-0.05, 0) is 32.3 Å². The third-order valence-corrected chi connectivity index (χ3v) is 6.11. The lowest BCUT2D eigenvalue weighted by Crippen LogP contribution is -2.25. The van der Waals surface area contributed by atoms with Crippen molar-refractivity contribution in [1.82, 2.24) is 14.8 Å². The number of ether oxygens (including phenoxy) is 3. The van der Waals surface area contributed by atoms with Gasteiger partial charge in [-0.3, -0.25) is 4.98 Å². The number of rotatable bonds is 4. The molecule has 0 spiro atoms. The third kappa shape index (κ3) is 4.35. The molecule has 0 saturated heterocycles. The van der Waals surface area contributed by atoms with Crippen LogP contribution in [0.5, 0.6) is 17.2 Å². The van der Waals surface area contributed by atoms with Crippen LogP contribution in [0.25, 0.3) is 5.69 Å². The maximum Gasteiger partial charge on any atom is 0.586 e. The zero-order valence-corrected chi connectivity index (χ0v) is 18.6. The summed E-state index contributed by atoms with van der Waals surface area (Å²) in [5.41, 5.74) is -0.661. The van der Waals surface area contributed by atoms with Crippen molar-refractivity contribution < 1.29 is 40.6 Å². The van der Waals surface area contributed by atoms with Gasteiger partial charge in [-0.25, -0.2) is 9.07 Å². The lowest BCUT2D eigenvalue weighted by Gasteiger charge is -2.20. The van der Waals surface area contributed by atoms with E-state index in [1.54, 1.807) is 0 Å². The second-order valence-corrected chi connectivity index (χ2v) is 8.64. The maximum atomic E-state index is 14.5. The Morgan fingerprint density at radius 1 is 1.17 bits per heavy atom. The Bertz CT molecular complexity index is 1300. The summed E-state index contributed by atoms with van der Waals surface area (Å²) in [6.45, 7) is 1.46. The van der Waals surface area contributed by atoms with Crippen LogP contribution in [0.3, 0.4) is 0 Å². The van der Waals surface area contributed by atoms with Gasteiger partial charge in [0, 0.05) is 23.3 Å². The lowest BCUT2D eigenvalue weighted by molar-refractivity contribution is -0.286. The van der Waals surface area contributed by atoms with E-state index < -0.39 is 41.2 Å². The molecule has 0 radical (unpaired) electrons. The van der Waals surface area contributed by atoms with E-state index in [1.165, 1.54) is 25.4 Å². The number of benzene rings is 1. The highest BCUT2D eigenvalue weighted by Crippen LogP contribution is 2.44. The van der Waals surface area contributed by atoms with E-state index in [-0.39, 0.29) is 40.4 Å². The van der Waals surface area contributed by atoms with Crippen LogP contribution in [0.1, 0.15) is 53.8 Å². The Labute approximate surface area is 199 Å². The molecule has 6 nitrogen and oxygen atoms in total. The first-order valence-electron chi connectivity index (χ1n) is 10.5. The highest BCUT2D eigenvalue weighted by atomic mass is 35.5. The second-order valence-electron chi connectivity index (χ2n) is 8.11. The van der Waals surface area contributed by atoms with Crippen LogP contribution in [0, 0.1) is 5.82 Å². The first-order chi connectivity index (χ1) is 16.4. The molecule has 3 heterocycles. The third-order valence-electron chi connectivity index (χ3n) is 5.69. The molecule has 0 amide bonds. The minimum Gasteiger partial charge on any atom is -0.484 e. The van der Waals surface area contributed by atoms with Gasteiger partial charge >= 0.3 is 12.5 Å². The fourth-order valence-electron chi connectivity index (χ4n) is 4.21. The summed E-state index contributed by atoms with van der Waals surface area (Å²) in [5, 5.41) is 3.11. The van der Waals surface area contributed by atoms with Gasteiger partial charge in [0.1, 0.15) is 17.7 Å². The van der Waals surface area contributed by atoms with Crippen LogP contribution >= 0.6 is 11.6 Å². The van der Waals surface area contributed by atoms with Crippen LogP contribution in [0.2, 0.25) is 0 Å². The number of halogens is 7. The van der Waals surface area contributed by atoms with E-state index in [0.717, 1.165) is 16.8 Å². The Morgan fingerprint density at radius 2 is 1.89 bits per heavy atom. The molecule has 1 aromatic carbocycles. The van der Waals surface area contributed by atoms with Gasteiger partial charge < -0.3 is 14.2 Å². The highest BCUT2D eigenvalue weighted by Gasteiger charge is 2.44. The monoisotopic (exact) mass is 519 g/mol. The van der Waals surface area contributed by atoms with Crippen molar-refractivity contribution in [3.05, 3.63) is 58.9 Å². The molecule has 2 aliphatic rings. The van der Waals surface area contributed by atoms with Crippen LogP contribution in [0.4, 0.5) is 26.3 Å². The van der Waals surface area contributed by atoms with Gasteiger partial charge in [0.15, 0.2) is 17.2 Å². The predicted molar refractivity (Wildman–Crippen MR) is 110 cm³/mol. The van der Waals surface area contributed by atoms with Crippen LogP contribution in [-0.4, -0.2) is 21.1 Å². The summed E-state index contributed by atoms with van der Waals surface area (Å²) >= 11 is 6.36. The molecule has 186 valence electrons. The largest absolute Gasteiger partial charge is 0.586 e. The Kier molecular flexibility index (Phi) is 5.53. The standard InChI is InChI=1S/C22H16ClF6N3O3/c1-10(14-6-17-18(7-16(14)24)35-22(28,29)34-17)33-12-5-11(8-30-9-12)32-19-13(3-2-4-15(19)23)20(31-32)21(25,26)27/h5-10,15H,2-4H2,1H3/t10-,15?/m0/s1. The van der Waals surface area contributed by atoms with Crippen molar-refractivity contribution in [2.24, 2.45) is 0 Å².